The highest BCUT2D eigenvalue weighted by Crippen LogP contribution is 2.25. The zero-order valence-corrected chi connectivity index (χ0v) is 13.0. The van der Waals surface area contributed by atoms with Crippen LogP contribution in [0.2, 0.25) is 5.02 Å². The third kappa shape index (κ3) is 4.46. The first-order valence-corrected chi connectivity index (χ1v) is 7.28. The van der Waals surface area contributed by atoms with Gasteiger partial charge in [-0.05, 0) is 42.3 Å². The summed E-state index contributed by atoms with van der Waals surface area (Å²) < 4.78 is 5.29. The first kappa shape index (κ1) is 15.8. The Morgan fingerprint density at radius 3 is 2.10 bits per heavy atom. The average Bonchev–Trinajstić information content (AvgIpc) is 2.50. The van der Waals surface area contributed by atoms with Gasteiger partial charge in [-0.25, -0.2) is 0 Å². The number of hydrogen-bond donors (Lipinski definition) is 2. The maximum absolute atomic E-state index is 9.44. The summed E-state index contributed by atoms with van der Waals surface area (Å²) in [5.41, 5.74) is 2.20. The molecule has 2 aromatic carbocycles. The lowest BCUT2D eigenvalue weighted by atomic mass is 9.98. The molecule has 2 atom stereocenters. The lowest BCUT2D eigenvalue weighted by molar-refractivity contribution is 0.115. The Labute approximate surface area is 130 Å². The van der Waals surface area contributed by atoms with Crippen LogP contribution in [0.5, 0.6) is 5.75 Å². The van der Waals surface area contributed by atoms with Gasteiger partial charge in [0.15, 0.2) is 0 Å². The molecule has 4 heteroatoms. The van der Waals surface area contributed by atoms with Crippen molar-refractivity contribution in [3.05, 3.63) is 64.7 Å². The molecule has 0 amide bonds. The molecule has 0 heterocycles. The highest BCUT2D eigenvalue weighted by Gasteiger charge is 2.14. The maximum Gasteiger partial charge on any atom is 0.115 e. The Balaban J connectivity index is 2.25. The predicted octanol–water partition coefficient (Wildman–Crippen LogP) is 3.76. The summed E-state index contributed by atoms with van der Waals surface area (Å²) in [7, 11) is 1.70. The summed E-state index contributed by atoms with van der Waals surface area (Å²) in [6.07, 6.45) is 0.122. The van der Waals surface area contributed by atoms with Crippen LogP contribution in [0.15, 0.2) is 48.5 Å². The van der Waals surface area contributed by atoms with Crippen molar-refractivity contribution in [3.63, 3.8) is 0 Å². The van der Waals surface area contributed by atoms with E-state index >= 15 is 0 Å². The molecule has 0 aromatic heterocycles. The van der Waals surface area contributed by atoms with Gasteiger partial charge in [0.1, 0.15) is 5.75 Å². The Bertz CT molecular complexity index is 509. The summed E-state index contributed by atoms with van der Waals surface area (Å²) in [4.78, 5) is 0. The molecule has 3 nitrogen and oxygen atoms in total. The summed E-state index contributed by atoms with van der Waals surface area (Å²) >= 11 is 5.96. The normalized spacial score (nSPS) is 13.9. The molecule has 112 valence electrons. The van der Waals surface area contributed by atoms with Crippen LogP contribution in [0.1, 0.15) is 24.1 Å². The number of aromatic hydroxyl groups is 1. The molecule has 0 aliphatic carbocycles. The summed E-state index contributed by atoms with van der Waals surface area (Å²) in [5.74, 6) is 0.263. The molecule has 21 heavy (non-hydrogen) atoms. The molecule has 2 N–H and O–H groups in total. The zero-order valence-electron chi connectivity index (χ0n) is 12.2. The van der Waals surface area contributed by atoms with Crippen LogP contribution < -0.4 is 5.32 Å². The van der Waals surface area contributed by atoms with Crippen LogP contribution in [0.3, 0.4) is 0 Å². The topological polar surface area (TPSA) is 41.5 Å². The molecule has 0 bridgehead atoms. The van der Waals surface area contributed by atoms with E-state index in [4.69, 9.17) is 16.3 Å². The number of benzene rings is 2. The van der Waals surface area contributed by atoms with Crippen LogP contribution in [-0.4, -0.2) is 24.9 Å². The highest BCUT2D eigenvalue weighted by atomic mass is 35.5. The second-order valence-corrected chi connectivity index (χ2v) is 5.47. The van der Waals surface area contributed by atoms with Crippen molar-refractivity contribution >= 4 is 11.6 Å². The van der Waals surface area contributed by atoms with Crippen molar-refractivity contribution in [2.24, 2.45) is 0 Å². The number of halogens is 1. The van der Waals surface area contributed by atoms with Gasteiger partial charge in [0, 0.05) is 18.7 Å². The Morgan fingerprint density at radius 1 is 1.05 bits per heavy atom. The molecule has 2 aromatic rings. The molecule has 0 fully saturated rings. The molecule has 0 spiro atoms. The van der Waals surface area contributed by atoms with Crippen molar-refractivity contribution in [3.8, 4) is 5.75 Å². The van der Waals surface area contributed by atoms with E-state index < -0.39 is 0 Å². The standard InChI is InChI=1S/C17H20ClNO2/c1-12(21-2)11-19-17(13-3-7-15(18)8-4-13)14-5-9-16(20)10-6-14/h3-10,12,17,19-20H,11H2,1-2H3. The van der Waals surface area contributed by atoms with Crippen molar-refractivity contribution in [1.82, 2.24) is 5.32 Å². The van der Waals surface area contributed by atoms with Crippen LogP contribution in [0.4, 0.5) is 0 Å². The molecule has 0 radical (unpaired) electrons. The Hall–Kier alpha value is -1.55. The van der Waals surface area contributed by atoms with Crippen molar-refractivity contribution in [2.45, 2.75) is 19.1 Å². The summed E-state index contributed by atoms with van der Waals surface area (Å²) in [5, 5.41) is 13.7. The molecule has 2 rings (SSSR count). The van der Waals surface area contributed by atoms with Gasteiger partial charge < -0.3 is 15.2 Å². The quantitative estimate of drug-likeness (QED) is 0.854. The van der Waals surface area contributed by atoms with Gasteiger partial charge >= 0.3 is 0 Å². The second kappa shape index (κ2) is 7.46. The van der Waals surface area contributed by atoms with Gasteiger partial charge in [0.25, 0.3) is 0 Å². The largest absolute Gasteiger partial charge is 0.508 e. The number of hydrogen-bond acceptors (Lipinski definition) is 3. The lowest BCUT2D eigenvalue weighted by Crippen LogP contribution is -2.30. The van der Waals surface area contributed by atoms with Gasteiger partial charge in [-0.3, -0.25) is 0 Å². The number of phenolic OH excluding ortho intramolecular Hbond substituents is 1. The van der Waals surface area contributed by atoms with E-state index in [0.717, 1.165) is 17.7 Å². The summed E-state index contributed by atoms with van der Waals surface area (Å²) in [6.45, 7) is 2.74. The van der Waals surface area contributed by atoms with E-state index in [-0.39, 0.29) is 17.9 Å². The number of phenols is 1. The number of ether oxygens (including phenoxy) is 1. The minimum absolute atomic E-state index is 0.0282. The maximum atomic E-state index is 9.44. The first-order valence-electron chi connectivity index (χ1n) is 6.90. The monoisotopic (exact) mass is 305 g/mol. The van der Waals surface area contributed by atoms with Gasteiger partial charge in [0.05, 0.1) is 12.1 Å². The van der Waals surface area contributed by atoms with Gasteiger partial charge in [-0.2, -0.15) is 0 Å². The smallest absolute Gasteiger partial charge is 0.115 e. The molecule has 2 unspecified atom stereocenters. The molecule has 0 saturated carbocycles. The Morgan fingerprint density at radius 2 is 1.57 bits per heavy atom. The third-order valence-electron chi connectivity index (χ3n) is 3.44. The van der Waals surface area contributed by atoms with Crippen LogP contribution >= 0.6 is 11.6 Å². The third-order valence-corrected chi connectivity index (χ3v) is 3.69. The van der Waals surface area contributed by atoms with Gasteiger partial charge in [-0.1, -0.05) is 35.9 Å². The average molecular weight is 306 g/mol. The van der Waals surface area contributed by atoms with E-state index in [2.05, 4.69) is 5.32 Å². The van der Waals surface area contributed by atoms with Crippen LogP contribution in [0.25, 0.3) is 0 Å². The van der Waals surface area contributed by atoms with Gasteiger partial charge in [0.2, 0.25) is 0 Å². The molecule has 0 aliphatic rings. The first-order chi connectivity index (χ1) is 10.1. The van der Waals surface area contributed by atoms with Crippen molar-refractivity contribution in [1.29, 1.82) is 0 Å². The fourth-order valence-electron chi connectivity index (χ4n) is 2.12. The molecule has 0 saturated heterocycles. The predicted molar refractivity (Wildman–Crippen MR) is 85.9 cm³/mol. The molecule has 0 aliphatic heterocycles. The number of methoxy groups -OCH3 is 1. The lowest BCUT2D eigenvalue weighted by Gasteiger charge is -2.22. The van der Waals surface area contributed by atoms with Crippen LogP contribution in [-0.2, 0) is 4.74 Å². The highest BCUT2D eigenvalue weighted by molar-refractivity contribution is 6.30. The fourth-order valence-corrected chi connectivity index (χ4v) is 2.24. The Kier molecular flexibility index (Phi) is 5.62. The minimum Gasteiger partial charge on any atom is -0.508 e. The molecular formula is C17H20ClNO2. The second-order valence-electron chi connectivity index (χ2n) is 5.03. The van der Waals surface area contributed by atoms with Crippen molar-refractivity contribution in [2.75, 3.05) is 13.7 Å². The fraction of sp³-hybridized carbons (Fsp3) is 0.294. The zero-order chi connectivity index (χ0) is 15.2. The van der Waals surface area contributed by atoms with E-state index in [1.54, 1.807) is 19.2 Å². The van der Waals surface area contributed by atoms with Crippen molar-refractivity contribution < 1.29 is 9.84 Å². The van der Waals surface area contributed by atoms with E-state index in [1.807, 2.05) is 43.3 Å². The van der Waals surface area contributed by atoms with Crippen LogP contribution in [0, 0.1) is 0 Å². The summed E-state index contributed by atoms with van der Waals surface area (Å²) in [6, 6.07) is 15.0. The number of nitrogens with one attached hydrogen (secondary N) is 1. The number of rotatable bonds is 6. The van der Waals surface area contributed by atoms with Gasteiger partial charge in [-0.15, -0.1) is 0 Å². The van der Waals surface area contributed by atoms with E-state index in [1.165, 1.54) is 0 Å². The van der Waals surface area contributed by atoms with E-state index in [0.29, 0.717) is 5.02 Å². The minimum atomic E-state index is 0.0282. The van der Waals surface area contributed by atoms with E-state index in [9.17, 15) is 5.11 Å². The molecular weight excluding hydrogens is 286 g/mol. The SMILES string of the molecule is COC(C)CNC(c1ccc(O)cc1)c1ccc(Cl)cc1.